The topological polar surface area (TPSA) is 142 Å². The molecule has 0 heterocycles. The number of hydrogen-bond acceptors (Lipinski definition) is 12. The Hall–Kier alpha value is -6.04. The number of carbonyl (C=O) groups is 4. The average molecular weight is 823 g/mol. The van der Waals surface area contributed by atoms with Crippen LogP contribution in [-0.2, 0) is 38.1 Å². The second kappa shape index (κ2) is 21.3. The van der Waals surface area contributed by atoms with Gasteiger partial charge in [0.15, 0.2) is 26.4 Å². The van der Waals surface area contributed by atoms with E-state index in [1.54, 1.807) is 0 Å². The summed E-state index contributed by atoms with van der Waals surface area (Å²) in [6.45, 7) is -0.614. The van der Waals surface area contributed by atoms with E-state index in [1.165, 1.54) is 50.7 Å². The van der Waals surface area contributed by atoms with Gasteiger partial charge in [-0.15, -0.1) is 0 Å². The lowest BCUT2D eigenvalue weighted by molar-refractivity contribution is -0.143. The first-order chi connectivity index (χ1) is 29.1. The molecule has 2 aliphatic rings. The summed E-state index contributed by atoms with van der Waals surface area (Å²) in [5.41, 5.74) is 4.90. The number of benzene rings is 4. The molecule has 60 heavy (non-hydrogen) atoms. The van der Waals surface area contributed by atoms with Crippen molar-refractivity contribution < 1.29 is 57.1 Å². The Morgan fingerprint density at radius 2 is 0.550 bits per heavy atom. The molecule has 0 saturated heterocycles. The zero-order valence-electron chi connectivity index (χ0n) is 34.7. The molecule has 0 radical (unpaired) electrons. The Balaban J connectivity index is 1.28. The molecule has 4 aromatic carbocycles. The summed E-state index contributed by atoms with van der Waals surface area (Å²) in [6.07, 6.45) is 5.99. The number of rotatable bonds is 17. The van der Waals surface area contributed by atoms with Crippen molar-refractivity contribution in [3.63, 3.8) is 0 Å². The van der Waals surface area contributed by atoms with Crippen molar-refractivity contribution >= 4 is 23.9 Å². The summed E-state index contributed by atoms with van der Waals surface area (Å²) >= 11 is 0. The molecule has 318 valence electrons. The van der Waals surface area contributed by atoms with Crippen LogP contribution in [0, 0.1) is 11.8 Å². The minimum Gasteiger partial charge on any atom is -0.482 e. The lowest BCUT2D eigenvalue weighted by atomic mass is 9.60. The molecule has 12 heteroatoms. The number of esters is 4. The molecule has 0 N–H and O–H groups in total. The lowest BCUT2D eigenvalue weighted by Gasteiger charge is -2.44. The molecule has 4 unspecified atom stereocenters. The molecule has 4 atom stereocenters. The van der Waals surface area contributed by atoms with Crippen LogP contribution in [0.1, 0.15) is 84.5 Å². The molecule has 0 aliphatic heterocycles. The molecule has 2 saturated carbocycles. The fourth-order valence-corrected chi connectivity index (χ4v) is 8.73. The average Bonchev–Trinajstić information content (AvgIpc) is 3.31. The maximum absolute atomic E-state index is 11.7. The highest BCUT2D eigenvalue weighted by Gasteiger charge is 2.40. The normalized spacial score (nSPS) is 21.1. The second-order valence-corrected chi connectivity index (χ2v) is 15.5. The molecule has 6 rings (SSSR count). The third kappa shape index (κ3) is 12.0. The van der Waals surface area contributed by atoms with E-state index in [0.29, 0.717) is 34.8 Å². The van der Waals surface area contributed by atoms with Gasteiger partial charge in [0, 0.05) is 0 Å². The lowest BCUT2D eigenvalue weighted by Crippen LogP contribution is -2.31. The van der Waals surface area contributed by atoms with Crippen LogP contribution in [0.3, 0.4) is 0 Å². The number of ether oxygens (including phenoxy) is 8. The third-order valence-electron chi connectivity index (χ3n) is 11.9. The molecule has 4 aromatic rings. The van der Waals surface area contributed by atoms with Crippen molar-refractivity contribution in [2.45, 2.75) is 62.2 Å². The van der Waals surface area contributed by atoms with Crippen LogP contribution >= 0.6 is 0 Å². The van der Waals surface area contributed by atoms with Crippen molar-refractivity contribution in [3.05, 3.63) is 119 Å². The molecule has 0 spiro atoms. The molecular weight excluding hydrogens is 769 g/mol. The first kappa shape index (κ1) is 43.5. The Kier molecular flexibility index (Phi) is 15.4. The van der Waals surface area contributed by atoms with Crippen LogP contribution in [0.5, 0.6) is 23.0 Å². The Morgan fingerprint density at radius 1 is 0.350 bits per heavy atom. The minimum atomic E-state index is -0.437. The largest absolute Gasteiger partial charge is 0.482 e. The molecule has 2 aliphatic carbocycles. The highest BCUT2D eigenvalue weighted by atomic mass is 16.6. The van der Waals surface area contributed by atoms with Crippen LogP contribution in [-0.4, -0.2) is 78.7 Å². The van der Waals surface area contributed by atoms with Crippen LogP contribution in [0.25, 0.3) is 0 Å². The number of carbonyl (C=O) groups excluding carboxylic acids is 4. The predicted molar refractivity (Wildman–Crippen MR) is 221 cm³/mol. The van der Waals surface area contributed by atoms with Crippen molar-refractivity contribution in [3.8, 4) is 23.0 Å². The van der Waals surface area contributed by atoms with Gasteiger partial charge in [0.25, 0.3) is 0 Å². The first-order valence-corrected chi connectivity index (χ1v) is 20.3. The van der Waals surface area contributed by atoms with E-state index in [1.807, 2.05) is 48.5 Å². The van der Waals surface area contributed by atoms with Crippen LogP contribution in [0.2, 0.25) is 0 Å². The van der Waals surface area contributed by atoms with Crippen LogP contribution in [0.15, 0.2) is 97.1 Å². The first-order valence-electron chi connectivity index (χ1n) is 20.3. The zero-order valence-corrected chi connectivity index (χ0v) is 34.7. The van der Waals surface area contributed by atoms with Gasteiger partial charge in [-0.05, 0) is 145 Å². The summed E-state index contributed by atoms with van der Waals surface area (Å²) in [5, 5.41) is 0. The summed E-state index contributed by atoms with van der Waals surface area (Å²) in [6, 6.07) is 32.3. The fourth-order valence-electron chi connectivity index (χ4n) is 8.73. The summed E-state index contributed by atoms with van der Waals surface area (Å²) in [5.74, 6) is 2.58. The highest BCUT2D eigenvalue weighted by molar-refractivity contribution is 5.72. The van der Waals surface area contributed by atoms with Gasteiger partial charge >= 0.3 is 23.9 Å². The van der Waals surface area contributed by atoms with E-state index in [0.717, 1.165) is 38.5 Å². The number of hydrogen-bond donors (Lipinski definition) is 0. The van der Waals surface area contributed by atoms with E-state index in [2.05, 4.69) is 48.5 Å². The van der Waals surface area contributed by atoms with Gasteiger partial charge in [-0.25, -0.2) is 19.2 Å². The molecule has 0 aromatic heterocycles. The van der Waals surface area contributed by atoms with E-state index < -0.39 is 23.9 Å². The monoisotopic (exact) mass is 822 g/mol. The van der Waals surface area contributed by atoms with E-state index in [-0.39, 0.29) is 50.1 Å². The van der Waals surface area contributed by atoms with E-state index in [4.69, 9.17) is 37.9 Å². The Bertz CT molecular complexity index is 1720. The van der Waals surface area contributed by atoms with Gasteiger partial charge in [0.2, 0.25) is 0 Å². The summed E-state index contributed by atoms with van der Waals surface area (Å²) in [4.78, 5) is 46.9. The van der Waals surface area contributed by atoms with Gasteiger partial charge in [-0.3, -0.25) is 0 Å². The van der Waals surface area contributed by atoms with Gasteiger partial charge < -0.3 is 37.9 Å². The second-order valence-electron chi connectivity index (χ2n) is 15.5. The van der Waals surface area contributed by atoms with Gasteiger partial charge in [-0.1, -0.05) is 48.5 Å². The van der Waals surface area contributed by atoms with Gasteiger partial charge in [-0.2, -0.15) is 0 Å². The van der Waals surface area contributed by atoms with E-state index >= 15 is 0 Å². The SMILES string of the molecule is COC(=O)COc1ccc(C2CC(c3ccc(OCC(=O)OC)cc3)CC(C3CC(c4ccc(OCC(=O)OC)cc4)CC(c4ccc(OCC(=O)OC)cc4)C3)C2)cc1. The third-order valence-corrected chi connectivity index (χ3v) is 11.9. The summed E-state index contributed by atoms with van der Waals surface area (Å²) in [7, 11) is 5.35. The quantitative estimate of drug-likeness (QED) is 0.0754. The minimum absolute atomic E-state index is 0.154. The van der Waals surface area contributed by atoms with Crippen molar-refractivity contribution in [2.75, 3.05) is 54.9 Å². The fraction of sp³-hybridized carbons (Fsp3) is 0.417. The van der Waals surface area contributed by atoms with Crippen molar-refractivity contribution in [1.29, 1.82) is 0 Å². The number of methoxy groups -OCH3 is 4. The molecule has 0 amide bonds. The van der Waals surface area contributed by atoms with E-state index in [9.17, 15) is 19.2 Å². The smallest absolute Gasteiger partial charge is 0.343 e. The van der Waals surface area contributed by atoms with Crippen LogP contribution in [0.4, 0.5) is 0 Å². The molecule has 0 bridgehead atoms. The predicted octanol–water partition coefficient (Wildman–Crippen LogP) is 7.93. The zero-order chi connectivity index (χ0) is 42.4. The van der Waals surface area contributed by atoms with Crippen LogP contribution < -0.4 is 18.9 Å². The highest BCUT2D eigenvalue weighted by Crippen LogP contribution is 2.54. The molecule has 2 fully saturated rings. The standard InChI is InChI=1S/C48H54O12/c1-53-45(49)27-57-41-13-5-31(6-14-41)35-21-36(32-7-15-42(16-8-32)58-28-46(50)54-2)24-39(23-35)40-25-37(33-9-17-43(18-10-33)59-29-47(51)55-3)22-38(26-40)34-11-19-44(20-12-34)60-30-48(52)56-4/h5-20,35-40H,21-30H2,1-4H3. The van der Waals surface area contributed by atoms with Gasteiger partial charge in [0.05, 0.1) is 28.4 Å². The Labute approximate surface area is 351 Å². The molecule has 12 nitrogen and oxygen atoms in total. The molecular formula is C48H54O12. The van der Waals surface area contributed by atoms with Gasteiger partial charge in [0.1, 0.15) is 23.0 Å². The Morgan fingerprint density at radius 3 is 0.733 bits per heavy atom. The van der Waals surface area contributed by atoms with Crippen molar-refractivity contribution in [2.24, 2.45) is 11.8 Å². The maximum atomic E-state index is 11.7. The summed E-state index contributed by atoms with van der Waals surface area (Å²) < 4.78 is 41.6. The van der Waals surface area contributed by atoms with Crippen molar-refractivity contribution in [1.82, 2.24) is 0 Å². The maximum Gasteiger partial charge on any atom is 0.343 e.